The first kappa shape index (κ1) is 11.4. The molecule has 0 bridgehead atoms. The zero-order valence-corrected chi connectivity index (χ0v) is 10.6. The molecule has 0 heterocycles. The minimum Gasteiger partial charge on any atom is -0.388 e. The summed E-state index contributed by atoms with van der Waals surface area (Å²) >= 11 is 9.26. The summed E-state index contributed by atoms with van der Waals surface area (Å²) in [6, 6.07) is 1.37. The molecule has 0 amide bonds. The van der Waals surface area contributed by atoms with Crippen LogP contribution in [0.2, 0.25) is 5.02 Å². The number of aliphatic hydroxyl groups excluding tert-OH is 1. The predicted octanol–water partition coefficient (Wildman–Crippen LogP) is 4.17. The zero-order valence-electron chi connectivity index (χ0n) is 8.23. The summed E-state index contributed by atoms with van der Waals surface area (Å²) in [5.41, 5.74) is 1.13. The van der Waals surface area contributed by atoms with Crippen LogP contribution in [-0.2, 0) is 0 Å². The average Bonchev–Trinajstić information content (AvgIpc) is 2.18. The highest BCUT2D eigenvalue weighted by Gasteiger charge is 2.29. The van der Waals surface area contributed by atoms with Crippen molar-refractivity contribution in [3.05, 3.63) is 32.5 Å². The third-order valence-corrected chi connectivity index (χ3v) is 4.21. The zero-order chi connectivity index (χ0) is 11.2. The van der Waals surface area contributed by atoms with E-state index in [0.29, 0.717) is 27.0 Å². The van der Waals surface area contributed by atoms with Gasteiger partial charge < -0.3 is 5.11 Å². The third kappa shape index (κ3) is 1.81. The van der Waals surface area contributed by atoms with Gasteiger partial charge in [-0.25, -0.2) is 4.39 Å². The molecule has 15 heavy (non-hydrogen) atoms. The SMILES string of the molecule is CC1CC[C@H](O)c2c(Cl)c(Br)cc(F)c21. The van der Waals surface area contributed by atoms with Gasteiger partial charge in [-0.1, -0.05) is 18.5 Å². The molecule has 0 saturated carbocycles. The normalized spacial score (nSPS) is 25.1. The Morgan fingerprint density at radius 3 is 2.80 bits per heavy atom. The Hall–Kier alpha value is -0.120. The van der Waals surface area contributed by atoms with Gasteiger partial charge in [-0.2, -0.15) is 0 Å². The van der Waals surface area contributed by atoms with E-state index in [-0.39, 0.29) is 11.7 Å². The minimum atomic E-state index is -0.643. The van der Waals surface area contributed by atoms with Gasteiger partial charge in [0.25, 0.3) is 0 Å². The highest BCUT2D eigenvalue weighted by atomic mass is 79.9. The smallest absolute Gasteiger partial charge is 0.128 e. The number of hydrogen-bond acceptors (Lipinski definition) is 1. The second kappa shape index (κ2) is 4.04. The Bertz CT molecular complexity index is 408. The van der Waals surface area contributed by atoms with Crippen molar-refractivity contribution in [2.75, 3.05) is 0 Å². The van der Waals surface area contributed by atoms with Gasteiger partial charge in [0.15, 0.2) is 0 Å². The Labute approximate surface area is 101 Å². The molecule has 0 saturated heterocycles. The molecule has 2 atom stereocenters. The lowest BCUT2D eigenvalue weighted by atomic mass is 9.82. The molecule has 1 aromatic carbocycles. The predicted molar refractivity (Wildman–Crippen MR) is 61.7 cm³/mol. The maximum atomic E-state index is 13.7. The highest BCUT2D eigenvalue weighted by Crippen LogP contribution is 2.44. The van der Waals surface area contributed by atoms with Crippen LogP contribution in [0.25, 0.3) is 0 Å². The molecule has 0 aromatic heterocycles. The van der Waals surface area contributed by atoms with Crippen molar-refractivity contribution < 1.29 is 9.50 Å². The molecule has 82 valence electrons. The van der Waals surface area contributed by atoms with Crippen molar-refractivity contribution in [3.63, 3.8) is 0 Å². The van der Waals surface area contributed by atoms with Gasteiger partial charge in [-0.3, -0.25) is 0 Å². The minimum absolute atomic E-state index is 0.119. The maximum absolute atomic E-state index is 13.7. The Balaban J connectivity index is 2.71. The van der Waals surface area contributed by atoms with Crippen LogP contribution in [0.15, 0.2) is 10.5 Å². The van der Waals surface area contributed by atoms with E-state index in [2.05, 4.69) is 15.9 Å². The molecule has 0 fully saturated rings. The molecule has 0 spiro atoms. The second-order valence-electron chi connectivity index (χ2n) is 3.98. The molecule has 1 nitrogen and oxygen atoms in total. The average molecular weight is 294 g/mol. The maximum Gasteiger partial charge on any atom is 0.128 e. The molecule has 0 aliphatic heterocycles. The molecular formula is C11H11BrClFO. The lowest BCUT2D eigenvalue weighted by molar-refractivity contribution is 0.150. The van der Waals surface area contributed by atoms with Crippen molar-refractivity contribution in [2.45, 2.75) is 31.8 Å². The molecule has 4 heteroatoms. The molecule has 0 radical (unpaired) electrons. The van der Waals surface area contributed by atoms with E-state index >= 15 is 0 Å². The van der Waals surface area contributed by atoms with Gasteiger partial charge in [-0.15, -0.1) is 0 Å². The Morgan fingerprint density at radius 1 is 1.47 bits per heavy atom. The van der Waals surface area contributed by atoms with Gasteiger partial charge in [0.1, 0.15) is 5.82 Å². The topological polar surface area (TPSA) is 20.2 Å². The number of aliphatic hydroxyl groups is 1. The van der Waals surface area contributed by atoms with Crippen molar-refractivity contribution >= 4 is 27.5 Å². The first-order chi connectivity index (χ1) is 7.02. The standard InChI is InChI=1S/C11H11BrClFO/c1-5-2-3-8(15)10-9(5)7(14)4-6(12)11(10)13/h4-5,8,15H,2-3H2,1H3/t5?,8-/m0/s1. The first-order valence-electron chi connectivity index (χ1n) is 4.87. The van der Waals surface area contributed by atoms with E-state index in [1.807, 2.05) is 6.92 Å². The fraction of sp³-hybridized carbons (Fsp3) is 0.455. The number of fused-ring (bicyclic) bond motifs is 1. The van der Waals surface area contributed by atoms with Crippen molar-refractivity contribution in [1.29, 1.82) is 0 Å². The molecule has 1 aromatic rings. The van der Waals surface area contributed by atoms with Crippen LogP contribution in [0, 0.1) is 5.82 Å². The number of rotatable bonds is 0. The van der Waals surface area contributed by atoms with Crippen LogP contribution in [-0.4, -0.2) is 5.11 Å². The summed E-state index contributed by atoms with van der Waals surface area (Å²) in [6.07, 6.45) is 0.794. The summed E-state index contributed by atoms with van der Waals surface area (Å²) in [5, 5.41) is 10.3. The van der Waals surface area contributed by atoms with E-state index in [9.17, 15) is 9.50 Å². The molecule has 1 aliphatic rings. The molecule has 2 rings (SSSR count). The lowest BCUT2D eigenvalue weighted by Crippen LogP contribution is -2.15. The van der Waals surface area contributed by atoms with Gasteiger partial charge in [0, 0.05) is 10.0 Å². The van der Waals surface area contributed by atoms with Gasteiger partial charge >= 0.3 is 0 Å². The number of benzene rings is 1. The van der Waals surface area contributed by atoms with Crippen molar-refractivity contribution in [3.8, 4) is 0 Å². The third-order valence-electron chi connectivity index (χ3n) is 2.95. The van der Waals surface area contributed by atoms with Gasteiger partial charge in [0.2, 0.25) is 0 Å². The quantitative estimate of drug-likeness (QED) is 0.712. The van der Waals surface area contributed by atoms with Crippen molar-refractivity contribution in [1.82, 2.24) is 0 Å². The second-order valence-corrected chi connectivity index (χ2v) is 5.21. The monoisotopic (exact) mass is 292 g/mol. The summed E-state index contributed by atoms with van der Waals surface area (Å²) in [4.78, 5) is 0. The van der Waals surface area contributed by atoms with E-state index in [1.165, 1.54) is 6.07 Å². The number of hydrogen-bond donors (Lipinski definition) is 1. The van der Waals surface area contributed by atoms with Crippen LogP contribution < -0.4 is 0 Å². The van der Waals surface area contributed by atoms with Crippen LogP contribution >= 0.6 is 27.5 Å². The van der Waals surface area contributed by atoms with Crippen LogP contribution in [0.3, 0.4) is 0 Å². The van der Waals surface area contributed by atoms with E-state index < -0.39 is 6.10 Å². The number of halogens is 3. The van der Waals surface area contributed by atoms with Crippen LogP contribution in [0.4, 0.5) is 4.39 Å². The molecule has 1 unspecified atom stereocenters. The van der Waals surface area contributed by atoms with Crippen molar-refractivity contribution in [2.24, 2.45) is 0 Å². The van der Waals surface area contributed by atoms with Crippen LogP contribution in [0.5, 0.6) is 0 Å². The summed E-state index contributed by atoms with van der Waals surface area (Å²) in [5.74, 6) is -0.165. The Kier molecular flexibility index (Phi) is 3.06. The highest BCUT2D eigenvalue weighted by molar-refractivity contribution is 9.10. The summed E-state index contributed by atoms with van der Waals surface area (Å²) < 4.78 is 14.2. The molecule has 1 aliphatic carbocycles. The Morgan fingerprint density at radius 2 is 2.13 bits per heavy atom. The van der Waals surface area contributed by atoms with Gasteiger partial charge in [-0.05, 0) is 46.3 Å². The lowest BCUT2D eigenvalue weighted by Gasteiger charge is -2.28. The summed E-state index contributed by atoms with van der Waals surface area (Å²) in [7, 11) is 0. The van der Waals surface area contributed by atoms with Crippen LogP contribution in [0.1, 0.15) is 42.9 Å². The first-order valence-corrected chi connectivity index (χ1v) is 6.04. The van der Waals surface area contributed by atoms with E-state index in [4.69, 9.17) is 11.6 Å². The van der Waals surface area contributed by atoms with E-state index in [1.54, 1.807) is 0 Å². The molecular weight excluding hydrogens is 282 g/mol. The molecule has 1 N–H and O–H groups in total. The summed E-state index contributed by atoms with van der Waals surface area (Å²) in [6.45, 7) is 1.96. The fourth-order valence-electron chi connectivity index (χ4n) is 2.15. The fourth-order valence-corrected chi connectivity index (χ4v) is 2.85. The van der Waals surface area contributed by atoms with Gasteiger partial charge in [0.05, 0.1) is 11.1 Å². The largest absolute Gasteiger partial charge is 0.388 e. The van der Waals surface area contributed by atoms with E-state index in [0.717, 1.165) is 6.42 Å².